The number of rotatable bonds is 4. The zero-order valence-electron chi connectivity index (χ0n) is 15.0. The van der Waals surface area contributed by atoms with E-state index in [-0.39, 0.29) is 11.2 Å². The smallest absolute Gasteiger partial charge is 0.299 e. The number of hydrogen-bond donors (Lipinski definition) is 0. The van der Waals surface area contributed by atoms with E-state index in [1.54, 1.807) is 17.7 Å². The van der Waals surface area contributed by atoms with E-state index in [2.05, 4.69) is 34.1 Å². The van der Waals surface area contributed by atoms with Gasteiger partial charge >= 0.3 is 5.69 Å². The number of nitrogens with zero attached hydrogens (tertiary/aromatic N) is 4. The van der Waals surface area contributed by atoms with E-state index in [9.17, 15) is 9.59 Å². The Labute approximate surface area is 147 Å². The molecule has 0 spiro atoms. The highest BCUT2D eigenvalue weighted by Gasteiger charge is 2.17. The fourth-order valence-electron chi connectivity index (χ4n) is 3.34. The van der Waals surface area contributed by atoms with Gasteiger partial charge in [0.25, 0.3) is 5.56 Å². The summed E-state index contributed by atoms with van der Waals surface area (Å²) in [4.78, 5) is 28.8. The molecule has 6 heteroatoms. The van der Waals surface area contributed by atoms with Crippen molar-refractivity contribution in [2.45, 2.75) is 19.5 Å². The molecule has 2 heterocycles. The Kier molecular flexibility index (Phi) is 5.50. The summed E-state index contributed by atoms with van der Waals surface area (Å²) < 4.78 is 2.72. The summed E-state index contributed by atoms with van der Waals surface area (Å²) in [5, 5.41) is 0. The van der Waals surface area contributed by atoms with Crippen LogP contribution < -0.4 is 11.2 Å². The van der Waals surface area contributed by atoms with Crippen LogP contribution in [0.25, 0.3) is 0 Å². The second-order valence-electron chi connectivity index (χ2n) is 6.77. The third kappa shape index (κ3) is 4.27. The predicted molar refractivity (Wildman–Crippen MR) is 98.5 cm³/mol. The Morgan fingerprint density at radius 3 is 2.16 bits per heavy atom. The summed E-state index contributed by atoms with van der Waals surface area (Å²) in [6.07, 6.45) is 1.09. The topological polar surface area (TPSA) is 50.5 Å². The first-order valence-corrected chi connectivity index (χ1v) is 8.79. The first-order chi connectivity index (χ1) is 12.0. The molecular weight excluding hydrogens is 316 g/mol. The van der Waals surface area contributed by atoms with Gasteiger partial charge in [-0.2, -0.15) is 0 Å². The highest BCUT2D eigenvalue weighted by atomic mass is 16.2. The summed E-state index contributed by atoms with van der Waals surface area (Å²) >= 11 is 0. The maximum atomic E-state index is 12.1. The lowest BCUT2D eigenvalue weighted by atomic mass is 10.2. The third-order valence-electron chi connectivity index (χ3n) is 4.94. The molecule has 1 saturated heterocycles. The van der Waals surface area contributed by atoms with E-state index < -0.39 is 0 Å². The van der Waals surface area contributed by atoms with Crippen LogP contribution in [-0.4, -0.2) is 45.1 Å². The molecule has 6 nitrogen and oxygen atoms in total. The molecule has 0 amide bonds. The normalized spacial score (nSPS) is 16.7. The minimum Gasteiger partial charge on any atom is -0.299 e. The summed E-state index contributed by atoms with van der Waals surface area (Å²) in [6.45, 7) is 5.60. The molecular formula is C19H26N4O2. The molecule has 0 saturated carbocycles. The maximum absolute atomic E-state index is 12.1. The number of hydrogen-bond acceptors (Lipinski definition) is 4. The minimum absolute atomic E-state index is 0.237. The Morgan fingerprint density at radius 1 is 0.840 bits per heavy atom. The first kappa shape index (κ1) is 17.6. The van der Waals surface area contributed by atoms with Crippen LogP contribution in [0.3, 0.4) is 0 Å². The SMILES string of the molecule is Cn1c(CN2CCCN(Cc3ccccc3)CC2)cc(=O)n(C)c1=O. The molecule has 1 aliphatic rings. The average molecular weight is 342 g/mol. The van der Waals surface area contributed by atoms with E-state index in [4.69, 9.17) is 0 Å². The Morgan fingerprint density at radius 2 is 1.48 bits per heavy atom. The van der Waals surface area contributed by atoms with E-state index in [0.29, 0.717) is 6.54 Å². The zero-order valence-corrected chi connectivity index (χ0v) is 15.0. The molecule has 0 bridgehead atoms. The maximum Gasteiger partial charge on any atom is 0.330 e. The second kappa shape index (κ2) is 7.80. The van der Waals surface area contributed by atoms with Gasteiger partial charge in [-0.05, 0) is 25.1 Å². The van der Waals surface area contributed by atoms with Crippen molar-refractivity contribution in [3.05, 3.63) is 68.5 Å². The van der Waals surface area contributed by atoms with Crippen molar-refractivity contribution in [3.63, 3.8) is 0 Å². The fraction of sp³-hybridized carbons (Fsp3) is 0.474. The van der Waals surface area contributed by atoms with Gasteiger partial charge < -0.3 is 0 Å². The second-order valence-corrected chi connectivity index (χ2v) is 6.77. The van der Waals surface area contributed by atoms with Gasteiger partial charge in [0.15, 0.2) is 0 Å². The van der Waals surface area contributed by atoms with Crippen molar-refractivity contribution in [2.75, 3.05) is 26.2 Å². The molecule has 25 heavy (non-hydrogen) atoms. The Bertz CT molecular complexity index is 826. The molecule has 1 aromatic heterocycles. The molecule has 3 rings (SSSR count). The van der Waals surface area contributed by atoms with Gasteiger partial charge in [-0.1, -0.05) is 30.3 Å². The number of aromatic nitrogens is 2. The molecule has 1 aromatic carbocycles. The zero-order chi connectivity index (χ0) is 17.8. The van der Waals surface area contributed by atoms with Crippen molar-refractivity contribution in [3.8, 4) is 0 Å². The van der Waals surface area contributed by atoms with Crippen molar-refractivity contribution < 1.29 is 0 Å². The standard InChI is InChI=1S/C19H26N4O2/c1-20-17(13-18(24)21(2)19(20)25)15-23-10-6-9-22(11-12-23)14-16-7-4-3-5-8-16/h3-5,7-8,13H,6,9-12,14-15H2,1-2H3. The van der Waals surface area contributed by atoms with Crippen molar-refractivity contribution >= 4 is 0 Å². The van der Waals surface area contributed by atoms with E-state index in [1.807, 2.05) is 6.07 Å². The van der Waals surface area contributed by atoms with Gasteiger partial charge in [0.2, 0.25) is 0 Å². The van der Waals surface area contributed by atoms with Crippen molar-refractivity contribution in [1.82, 2.24) is 18.9 Å². The van der Waals surface area contributed by atoms with Gasteiger partial charge in [0.05, 0.1) is 0 Å². The van der Waals surface area contributed by atoms with Crippen molar-refractivity contribution in [1.29, 1.82) is 0 Å². The van der Waals surface area contributed by atoms with Gasteiger partial charge in [-0.25, -0.2) is 4.79 Å². The lowest BCUT2D eigenvalue weighted by molar-refractivity contribution is 0.243. The molecule has 0 atom stereocenters. The summed E-state index contributed by atoms with van der Waals surface area (Å²) in [6, 6.07) is 12.1. The number of benzene rings is 1. The molecule has 134 valence electrons. The van der Waals surface area contributed by atoms with Gasteiger partial charge in [-0.15, -0.1) is 0 Å². The van der Waals surface area contributed by atoms with Gasteiger partial charge in [0, 0.05) is 52.0 Å². The van der Waals surface area contributed by atoms with E-state index in [0.717, 1.165) is 49.4 Å². The van der Waals surface area contributed by atoms with E-state index >= 15 is 0 Å². The van der Waals surface area contributed by atoms with Crippen LogP contribution >= 0.6 is 0 Å². The molecule has 2 aromatic rings. The average Bonchev–Trinajstić information content (AvgIpc) is 2.84. The monoisotopic (exact) mass is 342 g/mol. The van der Waals surface area contributed by atoms with Crippen LogP contribution in [0.15, 0.2) is 46.0 Å². The minimum atomic E-state index is -0.261. The Hall–Kier alpha value is -2.18. The van der Waals surface area contributed by atoms with Crippen LogP contribution in [0.5, 0.6) is 0 Å². The molecule has 0 unspecified atom stereocenters. The summed E-state index contributed by atoms with van der Waals surface area (Å²) in [5.41, 5.74) is 1.62. The third-order valence-corrected chi connectivity index (χ3v) is 4.94. The highest BCUT2D eigenvalue weighted by molar-refractivity contribution is 5.14. The molecule has 0 N–H and O–H groups in total. The largest absolute Gasteiger partial charge is 0.330 e. The van der Waals surface area contributed by atoms with Crippen molar-refractivity contribution in [2.24, 2.45) is 14.1 Å². The lowest BCUT2D eigenvalue weighted by Gasteiger charge is -2.22. The van der Waals surface area contributed by atoms with Crippen LogP contribution in [0, 0.1) is 0 Å². The molecule has 0 radical (unpaired) electrons. The van der Waals surface area contributed by atoms with Crippen LogP contribution in [-0.2, 0) is 27.2 Å². The fourth-order valence-corrected chi connectivity index (χ4v) is 3.34. The summed E-state index contributed by atoms with van der Waals surface area (Å²) in [7, 11) is 3.25. The van der Waals surface area contributed by atoms with Crippen LogP contribution in [0.4, 0.5) is 0 Å². The van der Waals surface area contributed by atoms with E-state index in [1.165, 1.54) is 12.6 Å². The van der Waals surface area contributed by atoms with Gasteiger partial charge in [-0.3, -0.25) is 23.7 Å². The van der Waals surface area contributed by atoms with Crippen LogP contribution in [0.2, 0.25) is 0 Å². The molecule has 0 aliphatic carbocycles. The predicted octanol–water partition coefficient (Wildman–Crippen LogP) is 0.792. The quantitative estimate of drug-likeness (QED) is 0.824. The first-order valence-electron chi connectivity index (χ1n) is 8.79. The summed E-state index contributed by atoms with van der Waals surface area (Å²) in [5.74, 6) is 0. The highest BCUT2D eigenvalue weighted by Crippen LogP contribution is 2.10. The van der Waals surface area contributed by atoms with Crippen LogP contribution in [0.1, 0.15) is 17.7 Å². The molecule has 1 aliphatic heterocycles. The Balaban J connectivity index is 1.64. The lowest BCUT2D eigenvalue weighted by Crippen LogP contribution is -2.40. The van der Waals surface area contributed by atoms with Gasteiger partial charge in [0.1, 0.15) is 0 Å². The molecule has 1 fully saturated rings.